The number of carbonyl (C=O) groups is 1. The Morgan fingerprint density at radius 3 is 2.50 bits per heavy atom. The lowest BCUT2D eigenvalue weighted by molar-refractivity contribution is 0.0780. The van der Waals surface area contributed by atoms with Crippen LogP contribution in [0, 0.1) is 18.6 Å². The van der Waals surface area contributed by atoms with E-state index in [0.29, 0.717) is 45.5 Å². The Balaban J connectivity index is 1.39. The molecule has 3 aromatic carbocycles. The molecule has 0 unspecified atom stereocenters. The van der Waals surface area contributed by atoms with E-state index in [1.807, 2.05) is 30.3 Å². The Kier molecular flexibility index (Phi) is 8.60. The van der Waals surface area contributed by atoms with Gasteiger partial charge in [0.25, 0.3) is 16.0 Å². The zero-order valence-electron chi connectivity index (χ0n) is 24.2. The maximum Gasteiger partial charge on any atom is 0.273 e. The first-order valence-electron chi connectivity index (χ1n) is 13.7. The molecule has 0 fully saturated rings. The first kappa shape index (κ1) is 30.9. The van der Waals surface area contributed by atoms with Gasteiger partial charge in [-0.15, -0.1) is 0 Å². The molecule has 228 valence electrons. The number of benzene rings is 3. The third-order valence-electron chi connectivity index (χ3n) is 7.11. The van der Waals surface area contributed by atoms with Crippen molar-refractivity contribution < 1.29 is 31.3 Å². The second kappa shape index (κ2) is 12.2. The molecule has 5 rings (SSSR count). The molecule has 0 aliphatic carbocycles. The maximum atomic E-state index is 14.9. The highest BCUT2D eigenvalue weighted by molar-refractivity contribution is 7.85. The van der Waals surface area contributed by atoms with Crippen LogP contribution in [-0.4, -0.2) is 41.0 Å². The molecule has 0 bridgehead atoms. The predicted molar refractivity (Wildman–Crippen MR) is 162 cm³/mol. The van der Waals surface area contributed by atoms with Gasteiger partial charge < -0.3 is 15.4 Å². The summed E-state index contributed by atoms with van der Waals surface area (Å²) in [5.41, 5.74) is 1.43. The average molecular weight is 621 g/mol. The normalized spacial score (nSPS) is 12.0. The van der Waals surface area contributed by atoms with Gasteiger partial charge in [0, 0.05) is 22.3 Å². The number of hydrogen-bond donors (Lipinski definition) is 3. The van der Waals surface area contributed by atoms with Crippen LogP contribution in [0.15, 0.2) is 73.1 Å². The summed E-state index contributed by atoms with van der Waals surface area (Å²) in [7, 11) is -3.94. The van der Waals surface area contributed by atoms with Gasteiger partial charge in [-0.2, -0.15) is 8.42 Å². The molecule has 0 aliphatic rings. The van der Waals surface area contributed by atoms with Crippen molar-refractivity contribution in [3.8, 4) is 11.3 Å². The van der Waals surface area contributed by atoms with Gasteiger partial charge in [-0.1, -0.05) is 36.4 Å². The molecule has 2 aromatic heterocycles. The topological polar surface area (TPSA) is 134 Å². The Labute approximate surface area is 253 Å². The first-order chi connectivity index (χ1) is 20.8. The molecule has 0 aliphatic heterocycles. The average Bonchev–Trinajstić information content (AvgIpc) is 3.36. The van der Waals surface area contributed by atoms with Gasteiger partial charge in [0.2, 0.25) is 0 Å². The molecule has 5 aromatic rings. The van der Waals surface area contributed by atoms with Gasteiger partial charge >= 0.3 is 0 Å². The van der Waals surface area contributed by atoms with Gasteiger partial charge in [0.15, 0.2) is 0 Å². The summed E-state index contributed by atoms with van der Waals surface area (Å²) in [5.74, 6) is -2.78. The molecule has 2 heterocycles. The fourth-order valence-corrected chi connectivity index (χ4v) is 5.73. The second-order valence-electron chi connectivity index (χ2n) is 10.9. The summed E-state index contributed by atoms with van der Waals surface area (Å²) in [4.78, 5) is 24.4. The molecule has 44 heavy (non-hydrogen) atoms. The highest BCUT2D eigenvalue weighted by Crippen LogP contribution is 2.34. The van der Waals surface area contributed by atoms with Crippen molar-refractivity contribution in [2.45, 2.75) is 38.5 Å². The lowest BCUT2D eigenvalue weighted by atomic mass is 9.96. The Hall–Kier alpha value is -4.52. The van der Waals surface area contributed by atoms with Crippen LogP contribution in [0.5, 0.6) is 0 Å². The van der Waals surface area contributed by atoms with E-state index in [1.54, 1.807) is 13.0 Å². The van der Waals surface area contributed by atoms with Crippen LogP contribution in [-0.2, 0) is 32.1 Å². The fourth-order valence-electron chi connectivity index (χ4n) is 4.77. The largest absolute Gasteiger partial charge is 0.386 e. The fraction of sp³-hybridized carbons (Fsp3) is 0.219. The van der Waals surface area contributed by atoms with E-state index < -0.39 is 39.0 Å². The standard InChI is InChI=1S/C32H30F2N4O5S/c1-19-25(14-22(33)15-28(19)38-31(39)24-10-9-21(13-27(24)34)32(2,3)40)29-26-16-23(37-30(26)36-18-35-29)17-44(41,42)43-12-11-20-7-5-4-6-8-20/h4-10,13-16,18,40H,11-12,17H2,1-3H3,(H,38,39)(H,35,36,37). The number of fused-ring (bicyclic) bond motifs is 1. The molecule has 3 N–H and O–H groups in total. The minimum Gasteiger partial charge on any atom is -0.386 e. The second-order valence-corrected chi connectivity index (χ2v) is 12.5. The van der Waals surface area contributed by atoms with Crippen molar-refractivity contribution in [1.29, 1.82) is 0 Å². The highest BCUT2D eigenvalue weighted by atomic mass is 32.2. The molecule has 12 heteroatoms. The summed E-state index contributed by atoms with van der Waals surface area (Å²) in [6, 6.07) is 17.0. The lowest BCUT2D eigenvalue weighted by Gasteiger charge is -2.18. The van der Waals surface area contributed by atoms with Gasteiger partial charge in [-0.3, -0.25) is 8.98 Å². The predicted octanol–water partition coefficient (Wildman–Crippen LogP) is 5.78. The molecular formula is C32H30F2N4O5S. The van der Waals surface area contributed by atoms with Crippen LogP contribution in [0.1, 0.15) is 46.6 Å². The van der Waals surface area contributed by atoms with E-state index >= 15 is 0 Å². The zero-order valence-corrected chi connectivity index (χ0v) is 25.0. The molecule has 0 radical (unpaired) electrons. The Bertz CT molecular complexity index is 1960. The van der Waals surface area contributed by atoms with Crippen molar-refractivity contribution in [1.82, 2.24) is 15.0 Å². The smallest absolute Gasteiger partial charge is 0.273 e. The van der Waals surface area contributed by atoms with E-state index in [2.05, 4.69) is 20.3 Å². The Morgan fingerprint density at radius 1 is 1.05 bits per heavy atom. The van der Waals surface area contributed by atoms with Crippen molar-refractivity contribution >= 4 is 32.7 Å². The highest BCUT2D eigenvalue weighted by Gasteiger charge is 2.22. The van der Waals surface area contributed by atoms with Crippen molar-refractivity contribution in [2.75, 3.05) is 11.9 Å². The minimum atomic E-state index is -3.94. The number of aromatic nitrogens is 3. The molecular weight excluding hydrogens is 590 g/mol. The molecule has 0 saturated heterocycles. The minimum absolute atomic E-state index is 0.0118. The molecule has 0 atom stereocenters. The van der Waals surface area contributed by atoms with Crippen LogP contribution in [0.2, 0.25) is 0 Å². The molecule has 0 spiro atoms. The van der Waals surface area contributed by atoms with Gasteiger partial charge in [-0.25, -0.2) is 18.7 Å². The number of carbonyl (C=O) groups excluding carboxylic acids is 1. The summed E-state index contributed by atoms with van der Waals surface area (Å²) < 4.78 is 60.2. The van der Waals surface area contributed by atoms with E-state index in [9.17, 15) is 27.1 Å². The van der Waals surface area contributed by atoms with Crippen LogP contribution in [0.25, 0.3) is 22.3 Å². The summed E-state index contributed by atoms with van der Waals surface area (Å²) >= 11 is 0. The summed E-state index contributed by atoms with van der Waals surface area (Å²) in [6.45, 7) is 4.63. The number of hydrogen-bond acceptors (Lipinski definition) is 7. The SMILES string of the molecule is Cc1c(NC(=O)c2ccc(C(C)(C)O)cc2F)cc(F)cc1-c1ncnc2[nH]c(CS(=O)(=O)OCCc3ccccc3)cc12. The third kappa shape index (κ3) is 6.99. The number of nitrogens with zero attached hydrogens (tertiary/aromatic N) is 2. The number of aliphatic hydroxyl groups is 1. The van der Waals surface area contributed by atoms with Gasteiger partial charge in [0.1, 0.15) is 29.4 Å². The van der Waals surface area contributed by atoms with Gasteiger partial charge in [0.05, 0.1) is 23.5 Å². The molecule has 0 saturated carbocycles. The number of rotatable bonds is 10. The Morgan fingerprint density at radius 2 is 1.80 bits per heavy atom. The number of halogens is 2. The van der Waals surface area contributed by atoms with Gasteiger partial charge in [-0.05, 0) is 74.2 Å². The quantitative estimate of drug-likeness (QED) is 0.169. The number of H-pyrrole nitrogens is 1. The van der Waals surface area contributed by atoms with E-state index in [-0.39, 0.29) is 17.9 Å². The zero-order chi connectivity index (χ0) is 31.6. The van der Waals surface area contributed by atoms with Crippen LogP contribution in [0.4, 0.5) is 14.5 Å². The van der Waals surface area contributed by atoms with Crippen LogP contribution < -0.4 is 5.32 Å². The lowest BCUT2D eigenvalue weighted by Crippen LogP contribution is -2.19. The number of anilines is 1. The summed E-state index contributed by atoms with van der Waals surface area (Å²) in [6.07, 6.45) is 1.68. The van der Waals surface area contributed by atoms with E-state index in [4.69, 9.17) is 4.18 Å². The van der Waals surface area contributed by atoms with Crippen molar-refractivity contribution in [2.24, 2.45) is 0 Å². The number of aromatic amines is 1. The summed E-state index contributed by atoms with van der Waals surface area (Å²) in [5, 5.41) is 13.1. The number of amides is 1. The number of nitrogens with one attached hydrogen (secondary N) is 2. The van der Waals surface area contributed by atoms with Crippen molar-refractivity contribution in [3.63, 3.8) is 0 Å². The van der Waals surface area contributed by atoms with Crippen LogP contribution in [0.3, 0.4) is 0 Å². The van der Waals surface area contributed by atoms with Crippen LogP contribution >= 0.6 is 0 Å². The van der Waals surface area contributed by atoms with E-state index in [1.165, 1.54) is 38.4 Å². The monoisotopic (exact) mass is 620 g/mol. The van der Waals surface area contributed by atoms with Crippen molar-refractivity contribution in [3.05, 3.63) is 113 Å². The first-order valence-corrected chi connectivity index (χ1v) is 15.3. The molecule has 9 nitrogen and oxygen atoms in total. The third-order valence-corrected chi connectivity index (χ3v) is 8.30. The van der Waals surface area contributed by atoms with E-state index in [0.717, 1.165) is 17.7 Å². The maximum absolute atomic E-state index is 14.9. The molecule has 1 amide bonds.